The lowest BCUT2D eigenvalue weighted by molar-refractivity contribution is 0.0947. The standard InChI is InChI=1S/C14H11ClFNO2/c15-10-3-6-13(16)12(7-10)14(19)17-8-9-1-4-11(18)5-2-9/h1-7,18H,8H2,(H,17,19). The van der Waals surface area contributed by atoms with E-state index in [4.69, 9.17) is 16.7 Å². The molecule has 0 aliphatic carbocycles. The molecule has 2 rings (SSSR count). The Hall–Kier alpha value is -2.07. The van der Waals surface area contributed by atoms with Crippen molar-refractivity contribution in [2.24, 2.45) is 0 Å². The van der Waals surface area contributed by atoms with Crippen LogP contribution in [0.4, 0.5) is 4.39 Å². The molecule has 2 aromatic rings. The second-order valence-corrected chi connectivity index (χ2v) is 4.41. The minimum Gasteiger partial charge on any atom is -0.508 e. The molecule has 0 radical (unpaired) electrons. The minimum absolute atomic E-state index is 0.0914. The van der Waals surface area contributed by atoms with Gasteiger partial charge in [0, 0.05) is 11.6 Å². The van der Waals surface area contributed by atoms with Crippen LogP contribution in [-0.4, -0.2) is 11.0 Å². The maximum absolute atomic E-state index is 13.4. The number of phenolic OH excluding ortho intramolecular Hbond substituents is 1. The van der Waals surface area contributed by atoms with Crippen molar-refractivity contribution in [3.8, 4) is 5.75 Å². The molecule has 0 unspecified atom stereocenters. The van der Waals surface area contributed by atoms with Crippen LogP contribution in [0.25, 0.3) is 0 Å². The molecule has 0 aliphatic heterocycles. The van der Waals surface area contributed by atoms with Gasteiger partial charge in [-0.05, 0) is 35.9 Å². The topological polar surface area (TPSA) is 49.3 Å². The lowest BCUT2D eigenvalue weighted by Gasteiger charge is -2.07. The second kappa shape index (κ2) is 5.71. The smallest absolute Gasteiger partial charge is 0.254 e. The van der Waals surface area contributed by atoms with Gasteiger partial charge in [-0.15, -0.1) is 0 Å². The molecule has 2 N–H and O–H groups in total. The molecule has 0 fully saturated rings. The van der Waals surface area contributed by atoms with Crippen LogP contribution in [0.1, 0.15) is 15.9 Å². The number of aromatic hydroxyl groups is 1. The van der Waals surface area contributed by atoms with Crippen molar-refractivity contribution in [1.29, 1.82) is 0 Å². The molecule has 1 amide bonds. The molecular weight excluding hydrogens is 269 g/mol. The first-order valence-electron chi connectivity index (χ1n) is 5.57. The highest BCUT2D eigenvalue weighted by atomic mass is 35.5. The Labute approximate surface area is 114 Å². The normalized spacial score (nSPS) is 10.2. The Morgan fingerprint density at radius 3 is 2.58 bits per heavy atom. The molecule has 2 aromatic carbocycles. The number of phenols is 1. The van der Waals surface area contributed by atoms with Crippen LogP contribution in [0.15, 0.2) is 42.5 Å². The Morgan fingerprint density at radius 2 is 1.89 bits per heavy atom. The minimum atomic E-state index is -0.618. The number of carbonyl (C=O) groups excluding carboxylic acids is 1. The highest BCUT2D eigenvalue weighted by Crippen LogP contribution is 2.15. The zero-order valence-electron chi connectivity index (χ0n) is 9.86. The van der Waals surface area contributed by atoms with E-state index in [0.29, 0.717) is 5.02 Å². The molecule has 0 spiro atoms. The highest BCUT2D eigenvalue weighted by Gasteiger charge is 2.11. The SMILES string of the molecule is O=C(NCc1ccc(O)cc1)c1cc(Cl)ccc1F. The number of rotatable bonds is 3. The van der Waals surface area contributed by atoms with E-state index in [1.54, 1.807) is 12.1 Å². The first-order valence-corrected chi connectivity index (χ1v) is 5.95. The molecule has 0 heterocycles. The van der Waals surface area contributed by atoms with E-state index in [1.165, 1.54) is 24.3 Å². The van der Waals surface area contributed by atoms with Crippen molar-refractivity contribution in [2.45, 2.75) is 6.54 Å². The molecule has 98 valence electrons. The van der Waals surface area contributed by atoms with E-state index in [1.807, 2.05) is 0 Å². The van der Waals surface area contributed by atoms with E-state index in [9.17, 15) is 9.18 Å². The summed E-state index contributed by atoms with van der Waals surface area (Å²) in [4.78, 5) is 11.8. The molecule has 5 heteroatoms. The highest BCUT2D eigenvalue weighted by molar-refractivity contribution is 6.30. The molecular formula is C14H11ClFNO2. The maximum Gasteiger partial charge on any atom is 0.254 e. The lowest BCUT2D eigenvalue weighted by atomic mass is 10.2. The van der Waals surface area contributed by atoms with Crippen LogP contribution in [-0.2, 0) is 6.54 Å². The first kappa shape index (κ1) is 13.4. The predicted octanol–water partition coefficient (Wildman–Crippen LogP) is 3.11. The van der Waals surface area contributed by atoms with Gasteiger partial charge in [-0.25, -0.2) is 4.39 Å². The molecule has 0 atom stereocenters. The van der Waals surface area contributed by atoms with Gasteiger partial charge in [-0.1, -0.05) is 23.7 Å². The first-order chi connectivity index (χ1) is 9.06. The maximum atomic E-state index is 13.4. The van der Waals surface area contributed by atoms with Crippen molar-refractivity contribution >= 4 is 17.5 Å². The molecule has 0 bridgehead atoms. The zero-order valence-corrected chi connectivity index (χ0v) is 10.6. The molecule has 3 nitrogen and oxygen atoms in total. The van der Waals surface area contributed by atoms with Gasteiger partial charge >= 0.3 is 0 Å². The van der Waals surface area contributed by atoms with Gasteiger partial charge in [-0.2, -0.15) is 0 Å². The van der Waals surface area contributed by atoms with Crippen LogP contribution in [0, 0.1) is 5.82 Å². The van der Waals surface area contributed by atoms with Crippen LogP contribution in [0.2, 0.25) is 5.02 Å². The summed E-state index contributed by atoms with van der Waals surface area (Å²) in [6, 6.07) is 10.2. The fourth-order valence-corrected chi connectivity index (χ4v) is 1.73. The van der Waals surface area contributed by atoms with Gasteiger partial charge in [0.1, 0.15) is 11.6 Å². The number of halogens is 2. The molecule has 19 heavy (non-hydrogen) atoms. The fraction of sp³-hybridized carbons (Fsp3) is 0.0714. The van der Waals surface area contributed by atoms with Gasteiger partial charge in [0.25, 0.3) is 5.91 Å². The number of hydrogen-bond donors (Lipinski definition) is 2. The summed E-state index contributed by atoms with van der Waals surface area (Å²) < 4.78 is 13.4. The quantitative estimate of drug-likeness (QED) is 0.907. The third kappa shape index (κ3) is 3.45. The third-order valence-corrected chi connectivity index (χ3v) is 2.80. The second-order valence-electron chi connectivity index (χ2n) is 3.97. The van der Waals surface area contributed by atoms with Crippen molar-refractivity contribution in [2.75, 3.05) is 0 Å². The number of hydrogen-bond acceptors (Lipinski definition) is 2. The summed E-state index contributed by atoms with van der Waals surface area (Å²) in [6.07, 6.45) is 0. The monoisotopic (exact) mass is 279 g/mol. The van der Waals surface area contributed by atoms with E-state index in [0.717, 1.165) is 11.6 Å². The number of nitrogens with one attached hydrogen (secondary N) is 1. The van der Waals surface area contributed by atoms with Crippen molar-refractivity contribution < 1.29 is 14.3 Å². The number of amides is 1. The predicted molar refractivity (Wildman–Crippen MR) is 70.7 cm³/mol. The van der Waals surface area contributed by atoms with E-state index in [-0.39, 0.29) is 17.9 Å². The van der Waals surface area contributed by atoms with Gasteiger partial charge in [0.15, 0.2) is 0 Å². The summed E-state index contributed by atoms with van der Waals surface area (Å²) in [7, 11) is 0. The van der Waals surface area contributed by atoms with Crippen LogP contribution in [0.5, 0.6) is 5.75 Å². The van der Waals surface area contributed by atoms with Crippen molar-refractivity contribution in [3.05, 3.63) is 64.4 Å². The Balaban J connectivity index is 2.05. The van der Waals surface area contributed by atoms with Gasteiger partial charge < -0.3 is 10.4 Å². The Morgan fingerprint density at radius 1 is 1.21 bits per heavy atom. The summed E-state index contributed by atoms with van der Waals surface area (Å²) in [5.74, 6) is -1.00. The lowest BCUT2D eigenvalue weighted by Crippen LogP contribution is -2.23. The summed E-state index contributed by atoms with van der Waals surface area (Å²) in [6.45, 7) is 0.241. The molecule has 0 aliphatic rings. The van der Waals surface area contributed by atoms with E-state index < -0.39 is 11.7 Å². The molecule has 0 aromatic heterocycles. The van der Waals surface area contributed by atoms with Crippen LogP contribution >= 0.6 is 11.6 Å². The zero-order chi connectivity index (χ0) is 13.8. The summed E-state index contributed by atoms with van der Waals surface area (Å²) >= 11 is 5.72. The van der Waals surface area contributed by atoms with Crippen LogP contribution < -0.4 is 5.32 Å². The summed E-state index contributed by atoms with van der Waals surface area (Å²) in [5, 5.41) is 12.0. The largest absolute Gasteiger partial charge is 0.508 e. The number of benzene rings is 2. The fourth-order valence-electron chi connectivity index (χ4n) is 1.56. The summed E-state index contributed by atoms with van der Waals surface area (Å²) in [5.41, 5.74) is 0.708. The van der Waals surface area contributed by atoms with Crippen molar-refractivity contribution in [3.63, 3.8) is 0 Å². The third-order valence-electron chi connectivity index (χ3n) is 2.56. The molecule has 0 saturated heterocycles. The average molecular weight is 280 g/mol. The Bertz CT molecular complexity index is 599. The van der Waals surface area contributed by atoms with E-state index in [2.05, 4.69) is 5.32 Å². The van der Waals surface area contributed by atoms with E-state index >= 15 is 0 Å². The molecule has 0 saturated carbocycles. The average Bonchev–Trinajstić information content (AvgIpc) is 2.40. The number of carbonyl (C=O) groups is 1. The van der Waals surface area contributed by atoms with Crippen LogP contribution in [0.3, 0.4) is 0 Å². The van der Waals surface area contributed by atoms with Crippen molar-refractivity contribution in [1.82, 2.24) is 5.32 Å². The van der Waals surface area contributed by atoms with Gasteiger partial charge in [0.05, 0.1) is 5.56 Å². The van der Waals surface area contributed by atoms with Gasteiger partial charge in [-0.3, -0.25) is 4.79 Å². The Kier molecular flexibility index (Phi) is 4.02. The van der Waals surface area contributed by atoms with Gasteiger partial charge in [0.2, 0.25) is 0 Å².